The van der Waals surface area contributed by atoms with Crippen LogP contribution in [0.2, 0.25) is 0 Å². The average molecular weight is 324 g/mol. The van der Waals surface area contributed by atoms with Crippen molar-refractivity contribution in [3.05, 3.63) is 47.7 Å². The first-order valence-electron chi connectivity index (χ1n) is 8.69. The molecule has 126 valence electrons. The fourth-order valence-corrected chi connectivity index (χ4v) is 3.06. The summed E-state index contributed by atoms with van der Waals surface area (Å²) in [6.07, 6.45) is 7.53. The summed E-state index contributed by atoms with van der Waals surface area (Å²) in [4.78, 5) is 12.3. The highest BCUT2D eigenvalue weighted by Crippen LogP contribution is 2.20. The van der Waals surface area contributed by atoms with E-state index in [2.05, 4.69) is 20.8 Å². The summed E-state index contributed by atoms with van der Waals surface area (Å²) >= 11 is 0. The lowest BCUT2D eigenvalue weighted by molar-refractivity contribution is 0.102. The molecule has 0 saturated heterocycles. The van der Waals surface area contributed by atoms with E-state index in [0.717, 1.165) is 17.1 Å². The van der Waals surface area contributed by atoms with Crippen molar-refractivity contribution in [2.75, 3.05) is 10.6 Å². The fraction of sp³-hybridized carbons (Fsp3) is 0.421. The first-order chi connectivity index (χ1) is 11.7. The van der Waals surface area contributed by atoms with Gasteiger partial charge >= 0.3 is 0 Å². The zero-order chi connectivity index (χ0) is 16.8. The van der Waals surface area contributed by atoms with Gasteiger partial charge in [-0.15, -0.1) is 10.2 Å². The zero-order valence-electron chi connectivity index (χ0n) is 14.1. The van der Waals surface area contributed by atoms with Crippen molar-refractivity contribution in [1.82, 2.24) is 10.2 Å². The summed E-state index contributed by atoms with van der Waals surface area (Å²) in [6, 6.07) is 11.7. The van der Waals surface area contributed by atoms with Crippen molar-refractivity contribution in [1.29, 1.82) is 0 Å². The van der Waals surface area contributed by atoms with E-state index in [-0.39, 0.29) is 5.91 Å². The van der Waals surface area contributed by atoms with Crippen LogP contribution >= 0.6 is 0 Å². The molecule has 2 aromatic rings. The van der Waals surface area contributed by atoms with Crippen LogP contribution in [-0.2, 0) is 0 Å². The average Bonchev–Trinajstić information content (AvgIpc) is 2.86. The molecule has 1 aromatic heterocycles. The standard InChI is InChI=1S/C19H24N4O/c1-14-8-6-7-11-16(14)21-19(24)17-12-13-18(23-22-17)20-15-9-4-2-3-5-10-15/h6-8,11-13,15H,2-5,9-10H2,1H3,(H,20,23)(H,21,24). The molecule has 3 rings (SSSR count). The molecule has 1 fully saturated rings. The molecule has 24 heavy (non-hydrogen) atoms. The van der Waals surface area contributed by atoms with Crippen molar-refractivity contribution >= 4 is 17.4 Å². The lowest BCUT2D eigenvalue weighted by Crippen LogP contribution is -2.20. The first kappa shape index (κ1) is 16.4. The number of aryl methyl sites for hydroxylation is 1. The Kier molecular flexibility index (Phi) is 5.41. The van der Waals surface area contributed by atoms with Gasteiger partial charge in [-0.05, 0) is 43.5 Å². The van der Waals surface area contributed by atoms with E-state index in [1.165, 1.54) is 38.5 Å². The minimum absolute atomic E-state index is 0.238. The third-order valence-electron chi connectivity index (χ3n) is 4.50. The number of rotatable bonds is 4. The molecule has 0 aliphatic heterocycles. The molecule has 1 amide bonds. The minimum Gasteiger partial charge on any atom is -0.366 e. The van der Waals surface area contributed by atoms with Gasteiger partial charge < -0.3 is 10.6 Å². The number of carbonyl (C=O) groups is 1. The normalized spacial score (nSPS) is 15.5. The molecular weight excluding hydrogens is 300 g/mol. The van der Waals surface area contributed by atoms with Crippen LogP contribution in [0.4, 0.5) is 11.5 Å². The molecule has 0 bridgehead atoms. The zero-order valence-corrected chi connectivity index (χ0v) is 14.1. The van der Waals surface area contributed by atoms with Crippen molar-refractivity contribution in [3.63, 3.8) is 0 Å². The molecule has 1 aliphatic rings. The highest BCUT2D eigenvalue weighted by atomic mass is 16.1. The number of nitrogens with zero attached hydrogens (tertiary/aromatic N) is 2. The molecule has 1 aromatic carbocycles. The number of carbonyl (C=O) groups excluding carboxylic acids is 1. The first-order valence-corrected chi connectivity index (χ1v) is 8.69. The van der Waals surface area contributed by atoms with Gasteiger partial charge in [0.1, 0.15) is 5.82 Å². The number of amides is 1. The smallest absolute Gasteiger partial charge is 0.276 e. The molecule has 1 heterocycles. The second kappa shape index (κ2) is 7.90. The number of hydrogen-bond donors (Lipinski definition) is 2. The Bertz CT molecular complexity index is 676. The Labute approximate surface area is 142 Å². The Hall–Kier alpha value is -2.43. The molecule has 5 heteroatoms. The Morgan fingerprint density at radius 2 is 1.75 bits per heavy atom. The van der Waals surface area contributed by atoms with Crippen molar-refractivity contribution in [2.24, 2.45) is 0 Å². The molecule has 0 unspecified atom stereocenters. The van der Waals surface area contributed by atoms with Crippen LogP contribution in [0.1, 0.15) is 54.6 Å². The number of benzene rings is 1. The molecule has 1 aliphatic carbocycles. The second-order valence-electron chi connectivity index (χ2n) is 6.41. The van der Waals surface area contributed by atoms with Crippen LogP contribution < -0.4 is 10.6 Å². The molecule has 5 nitrogen and oxygen atoms in total. The minimum atomic E-state index is -0.238. The summed E-state index contributed by atoms with van der Waals surface area (Å²) in [5, 5.41) is 14.5. The van der Waals surface area contributed by atoms with Crippen LogP contribution in [0, 0.1) is 6.92 Å². The SMILES string of the molecule is Cc1ccccc1NC(=O)c1ccc(NC2CCCCCC2)nn1. The lowest BCUT2D eigenvalue weighted by atomic mass is 10.1. The summed E-state index contributed by atoms with van der Waals surface area (Å²) in [7, 11) is 0. The number of nitrogens with one attached hydrogen (secondary N) is 2. The summed E-state index contributed by atoms with van der Waals surface area (Å²) in [6.45, 7) is 1.96. The van der Waals surface area contributed by atoms with Gasteiger partial charge in [-0.3, -0.25) is 4.79 Å². The van der Waals surface area contributed by atoms with Crippen molar-refractivity contribution in [3.8, 4) is 0 Å². The third kappa shape index (κ3) is 4.31. The van der Waals surface area contributed by atoms with E-state index in [4.69, 9.17) is 0 Å². The number of aromatic nitrogens is 2. The van der Waals surface area contributed by atoms with Crippen LogP contribution in [0.15, 0.2) is 36.4 Å². The molecule has 0 atom stereocenters. The predicted octanol–water partition coefficient (Wildman–Crippen LogP) is 4.17. The topological polar surface area (TPSA) is 66.9 Å². The highest BCUT2D eigenvalue weighted by molar-refractivity contribution is 6.03. The monoisotopic (exact) mass is 324 g/mol. The van der Waals surface area contributed by atoms with E-state index in [9.17, 15) is 4.79 Å². The van der Waals surface area contributed by atoms with Gasteiger partial charge in [0.05, 0.1) is 0 Å². The number of para-hydroxylation sites is 1. The third-order valence-corrected chi connectivity index (χ3v) is 4.50. The van der Waals surface area contributed by atoms with Crippen LogP contribution in [-0.4, -0.2) is 22.1 Å². The fourth-order valence-electron chi connectivity index (χ4n) is 3.06. The Morgan fingerprint density at radius 3 is 2.42 bits per heavy atom. The largest absolute Gasteiger partial charge is 0.366 e. The van der Waals surface area contributed by atoms with Gasteiger partial charge in [-0.1, -0.05) is 43.9 Å². The maximum absolute atomic E-state index is 12.3. The van der Waals surface area contributed by atoms with Crippen molar-refractivity contribution < 1.29 is 4.79 Å². The summed E-state index contributed by atoms with van der Waals surface area (Å²) < 4.78 is 0. The molecule has 0 spiro atoms. The van der Waals surface area contributed by atoms with Crippen LogP contribution in [0.3, 0.4) is 0 Å². The van der Waals surface area contributed by atoms with Crippen LogP contribution in [0.5, 0.6) is 0 Å². The van der Waals surface area contributed by atoms with E-state index in [1.54, 1.807) is 6.07 Å². The predicted molar refractivity (Wildman–Crippen MR) is 96.3 cm³/mol. The number of anilines is 2. The molecule has 2 N–H and O–H groups in total. The van der Waals surface area contributed by atoms with E-state index >= 15 is 0 Å². The lowest BCUT2D eigenvalue weighted by Gasteiger charge is -2.16. The van der Waals surface area contributed by atoms with Gasteiger partial charge in [-0.2, -0.15) is 0 Å². The van der Waals surface area contributed by atoms with Crippen LogP contribution in [0.25, 0.3) is 0 Å². The Balaban J connectivity index is 1.61. The number of hydrogen-bond acceptors (Lipinski definition) is 4. The van der Waals surface area contributed by atoms with Crippen molar-refractivity contribution in [2.45, 2.75) is 51.5 Å². The maximum atomic E-state index is 12.3. The van der Waals surface area contributed by atoms with Gasteiger partial charge in [0.15, 0.2) is 5.69 Å². The molecule has 1 saturated carbocycles. The van der Waals surface area contributed by atoms with Gasteiger partial charge in [0, 0.05) is 11.7 Å². The molecular formula is C19H24N4O. The van der Waals surface area contributed by atoms with Gasteiger partial charge in [-0.25, -0.2) is 0 Å². The van der Waals surface area contributed by atoms with E-state index in [1.807, 2.05) is 37.3 Å². The van der Waals surface area contributed by atoms with E-state index in [0.29, 0.717) is 11.7 Å². The van der Waals surface area contributed by atoms with Gasteiger partial charge in [0.25, 0.3) is 5.91 Å². The maximum Gasteiger partial charge on any atom is 0.276 e. The van der Waals surface area contributed by atoms with E-state index < -0.39 is 0 Å². The van der Waals surface area contributed by atoms with Gasteiger partial charge in [0.2, 0.25) is 0 Å². The summed E-state index contributed by atoms with van der Waals surface area (Å²) in [5.74, 6) is 0.507. The summed E-state index contributed by atoms with van der Waals surface area (Å²) in [5.41, 5.74) is 2.14. The molecule has 0 radical (unpaired) electrons. The quantitative estimate of drug-likeness (QED) is 0.828. The highest BCUT2D eigenvalue weighted by Gasteiger charge is 2.14. The second-order valence-corrected chi connectivity index (χ2v) is 6.41. The Morgan fingerprint density at radius 1 is 1.00 bits per heavy atom.